The average molecular weight is 446 g/mol. The fourth-order valence-corrected chi connectivity index (χ4v) is 6.13. The molecule has 2 fully saturated rings. The minimum absolute atomic E-state index is 0.0236. The largest absolute Gasteiger partial charge is 0.381 e. The van der Waals surface area contributed by atoms with Crippen LogP contribution in [0.25, 0.3) is 0 Å². The van der Waals surface area contributed by atoms with Crippen molar-refractivity contribution in [1.82, 2.24) is 15.2 Å². The second kappa shape index (κ2) is 10.3. The number of thiazole rings is 1. The molecule has 2 aromatic rings. The quantitative estimate of drug-likeness (QED) is 0.636. The van der Waals surface area contributed by atoms with E-state index in [0.717, 1.165) is 66.1 Å². The lowest BCUT2D eigenvalue weighted by molar-refractivity contribution is -0.0349. The number of piperidine rings is 1. The van der Waals surface area contributed by atoms with E-state index in [9.17, 15) is 4.79 Å². The first-order chi connectivity index (χ1) is 14.7. The molecule has 0 unspecified atom stereocenters. The van der Waals surface area contributed by atoms with Crippen LogP contribution in [0.4, 0.5) is 0 Å². The molecule has 5 nitrogen and oxygen atoms in total. The Morgan fingerprint density at radius 2 is 2.00 bits per heavy atom. The van der Waals surface area contributed by atoms with E-state index in [1.807, 2.05) is 31.2 Å². The molecule has 1 aromatic carbocycles. The van der Waals surface area contributed by atoms with Gasteiger partial charge in [0.15, 0.2) is 0 Å². The first-order valence-corrected chi connectivity index (χ1v) is 12.8. The second-order valence-electron chi connectivity index (χ2n) is 8.21. The number of ether oxygens (including phenoxy) is 1. The Bertz CT molecular complexity index is 842. The summed E-state index contributed by atoms with van der Waals surface area (Å²) in [6.45, 7) is 6.55. The van der Waals surface area contributed by atoms with Crippen molar-refractivity contribution in [3.05, 3.63) is 45.9 Å². The molecule has 1 aromatic heterocycles. The average Bonchev–Trinajstić information content (AvgIpc) is 3.22. The van der Waals surface area contributed by atoms with Crippen LogP contribution >= 0.6 is 23.1 Å². The Hall–Kier alpha value is -1.41. The summed E-state index contributed by atoms with van der Waals surface area (Å²) < 4.78 is 5.65. The highest BCUT2D eigenvalue weighted by atomic mass is 32.2. The number of carbonyl (C=O) groups excluding carboxylic acids is 1. The minimum atomic E-state index is 0.0236. The van der Waals surface area contributed by atoms with Gasteiger partial charge in [-0.2, -0.15) is 0 Å². The Morgan fingerprint density at radius 3 is 2.73 bits per heavy atom. The fraction of sp³-hybridized carbons (Fsp3) is 0.565. The van der Waals surface area contributed by atoms with Crippen molar-refractivity contribution in [3.63, 3.8) is 0 Å². The van der Waals surface area contributed by atoms with Gasteiger partial charge in [0.05, 0.1) is 16.3 Å². The number of benzene rings is 1. The fourth-order valence-electron chi connectivity index (χ4n) is 4.47. The van der Waals surface area contributed by atoms with Gasteiger partial charge in [0.2, 0.25) is 0 Å². The van der Waals surface area contributed by atoms with Gasteiger partial charge < -0.3 is 10.1 Å². The maximum atomic E-state index is 13.2. The van der Waals surface area contributed by atoms with Crippen molar-refractivity contribution in [1.29, 1.82) is 0 Å². The number of hydrogen-bond donors (Lipinski definition) is 1. The molecular formula is C23H31N3O2S2. The Morgan fingerprint density at radius 1 is 1.23 bits per heavy atom. The number of carbonyl (C=O) groups is 1. The van der Waals surface area contributed by atoms with E-state index in [4.69, 9.17) is 4.74 Å². The summed E-state index contributed by atoms with van der Waals surface area (Å²) in [5, 5.41) is 6.46. The summed E-state index contributed by atoms with van der Waals surface area (Å²) in [6, 6.07) is 7.91. The standard InChI is InChI=1S/C23H31N3O2S2/c1-18-25-19(15-29-18)16-30-21-8-4-3-7-20(21)22(27)24-17-23(9-13-28-14-10-23)26-11-5-2-6-12-26/h3-4,7-8,15H,2,5-6,9-14,16-17H2,1H3,(H,24,27). The smallest absolute Gasteiger partial charge is 0.252 e. The van der Waals surface area contributed by atoms with E-state index in [1.54, 1.807) is 23.1 Å². The zero-order valence-corrected chi connectivity index (χ0v) is 19.3. The van der Waals surface area contributed by atoms with Crippen LogP contribution in [-0.4, -0.2) is 54.2 Å². The van der Waals surface area contributed by atoms with Crippen molar-refractivity contribution >= 4 is 29.0 Å². The van der Waals surface area contributed by atoms with Crippen molar-refractivity contribution in [3.8, 4) is 0 Å². The van der Waals surface area contributed by atoms with Gasteiger partial charge in [-0.3, -0.25) is 9.69 Å². The number of aromatic nitrogens is 1. The number of nitrogens with one attached hydrogen (secondary N) is 1. The molecule has 2 saturated heterocycles. The highest BCUT2D eigenvalue weighted by Gasteiger charge is 2.39. The lowest BCUT2D eigenvalue weighted by Crippen LogP contribution is -2.59. The van der Waals surface area contributed by atoms with Crippen LogP contribution in [0.3, 0.4) is 0 Å². The maximum Gasteiger partial charge on any atom is 0.252 e. The SMILES string of the molecule is Cc1nc(CSc2ccccc2C(=O)NCC2(N3CCCCC3)CCOCC2)cs1. The molecule has 4 rings (SSSR count). The van der Waals surface area contributed by atoms with Gasteiger partial charge in [0.25, 0.3) is 5.91 Å². The summed E-state index contributed by atoms with van der Waals surface area (Å²) in [5.74, 6) is 0.805. The zero-order chi connectivity index (χ0) is 20.8. The zero-order valence-electron chi connectivity index (χ0n) is 17.7. The van der Waals surface area contributed by atoms with E-state index < -0.39 is 0 Å². The molecule has 1 amide bonds. The van der Waals surface area contributed by atoms with Crippen LogP contribution in [0.5, 0.6) is 0 Å². The van der Waals surface area contributed by atoms with Crippen LogP contribution in [-0.2, 0) is 10.5 Å². The predicted molar refractivity (Wildman–Crippen MR) is 123 cm³/mol. The van der Waals surface area contributed by atoms with Gasteiger partial charge in [-0.15, -0.1) is 23.1 Å². The Labute approximate surface area is 187 Å². The van der Waals surface area contributed by atoms with E-state index in [0.29, 0.717) is 6.54 Å². The van der Waals surface area contributed by atoms with Crippen LogP contribution in [0.1, 0.15) is 53.2 Å². The summed E-state index contributed by atoms with van der Waals surface area (Å²) in [5.41, 5.74) is 1.87. The molecule has 2 aliphatic heterocycles. The maximum absolute atomic E-state index is 13.2. The molecule has 162 valence electrons. The highest BCUT2D eigenvalue weighted by Crippen LogP contribution is 2.31. The van der Waals surface area contributed by atoms with E-state index >= 15 is 0 Å². The van der Waals surface area contributed by atoms with Gasteiger partial charge in [0.1, 0.15) is 0 Å². The molecule has 2 aliphatic rings. The molecule has 0 aliphatic carbocycles. The molecule has 1 N–H and O–H groups in total. The van der Waals surface area contributed by atoms with Crippen molar-refractivity contribution in [2.45, 2.75) is 55.2 Å². The molecule has 0 atom stereocenters. The molecule has 0 saturated carbocycles. The molecule has 0 bridgehead atoms. The summed E-state index contributed by atoms with van der Waals surface area (Å²) in [7, 11) is 0. The highest BCUT2D eigenvalue weighted by molar-refractivity contribution is 7.98. The van der Waals surface area contributed by atoms with Gasteiger partial charge in [-0.25, -0.2) is 4.98 Å². The summed E-state index contributed by atoms with van der Waals surface area (Å²) in [4.78, 5) is 21.3. The summed E-state index contributed by atoms with van der Waals surface area (Å²) in [6.07, 6.45) is 5.82. The third kappa shape index (κ3) is 5.25. The third-order valence-corrected chi connectivity index (χ3v) is 8.13. The number of thioether (sulfide) groups is 1. The number of hydrogen-bond acceptors (Lipinski definition) is 6. The molecule has 0 radical (unpaired) electrons. The number of nitrogens with zero attached hydrogens (tertiary/aromatic N) is 2. The summed E-state index contributed by atoms with van der Waals surface area (Å²) >= 11 is 3.35. The van der Waals surface area contributed by atoms with Crippen molar-refractivity contribution in [2.24, 2.45) is 0 Å². The molecule has 30 heavy (non-hydrogen) atoms. The van der Waals surface area contributed by atoms with E-state index in [-0.39, 0.29) is 11.4 Å². The van der Waals surface area contributed by atoms with Gasteiger partial charge in [0, 0.05) is 41.3 Å². The molecule has 3 heterocycles. The lowest BCUT2D eigenvalue weighted by Gasteiger charge is -2.48. The Kier molecular flexibility index (Phi) is 7.46. The normalized spacial score (nSPS) is 19.5. The van der Waals surface area contributed by atoms with E-state index in [2.05, 4.69) is 20.6 Å². The lowest BCUT2D eigenvalue weighted by atomic mass is 9.86. The van der Waals surface area contributed by atoms with Crippen molar-refractivity contribution < 1.29 is 9.53 Å². The van der Waals surface area contributed by atoms with E-state index in [1.165, 1.54) is 19.3 Å². The number of aryl methyl sites for hydroxylation is 1. The first kappa shape index (κ1) is 21.8. The molecule has 7 heteroatoms. The van der Waals surface area contributed by atoms with Crippen molar-refractivity contribution in [2.75, 3.05) is 32.8 Å². The molecule has 0 spiro atoms. The van der Waals surface area contributed by atoms with Gasteiger partial charge in [-0.05, 0) is 57.8 Å². The van der Waals surface area contributed by atoms with Gasteiger partial charge >= 0.3 is 0 Å². The van der Waals surface area contributed by atoms with Crippen LogP contribution < -0.4 is 5.32 Å². The number of rotatable bonds is 7. The number of amides is 1. The minimum Gasteiger partial charge on any atom is -0.381 e. The van der Waals surface area contributed by atoms with Gasteiger partial charge in [-0.1, -0.05) is 18.6 Å². The predicted octanol–water partition coefficient (Wildman–Crippen LogP) is 4.51. The van der Waals surface area contributed by atoms with Crippen LogP contribution in [0, 0.1) is 6.92 Å². The third-order valence-electron chi connectivity index (χ3n) is 6.20. The molecular weight excluding hydrogens is 414 g/mol. The topological polar surface area (TPSA) is 54.5 Å². The first-order valence-electron chi connectivity index (χ1n) is 10.9. The second-order valence-corrected chi connectivity index (χ2v) is 10.3. The number of likely N-dealkylation sites (tertiary alicyclic amines) is 1. The Balaban J connectivity index is 1.42. The van der Waals surface area contributed by atoms with Crippen LogP contribution in [0.15, 0.2) is 34.5 Å². The van der Waals surface area contributed by atoms with Crippen LogP contribution in [0.2, 0.25) is 0 Å². The monoisotopic (exact) mass is 445 g/mol.